The zero-order valence-corrected chi connectivity index (χ0v) is 16.4. The first kappa shape index (κ1) is 19.6. The van der Waals surface area contributed by atoms with Gasteiger partial charge in [-0.15, -0.1) is 11.3 Å². The van der Waals surface area contributed by atoms with Crippen LogP contribution in [0.1, 0.15) is 20.1 Å². The fourth-order valence-corrected chi connectivity index (χ4v) is 3.20. The molecule has 0 saturated carbocycles. The smallest absolute Gasteiger partial charge is 0.251 e. The molecule has 0 unspecified atom stereocenters. The normalized spacial score (nSPS) is 11.3. The van der Waals surface area contributed by atoms with Crippen LogP contribution in [0.3, 0.4) is 0 Å². The number of nitrogens with one attached hydrogen (secondary N) is 3. The van der Waals surface area contributed by atoms with Gasteiger partial charge in [0.15, 0.2) is 5.96 Å². The standard InChI is InChI=1S/C17H20Cl2N4OS/c1-11-3-5-13(25-11)10-23-17(20-2)22-8-7-21-16(24)12-4-6-14(18)15(19)9-12/h3-6,9H,7-8,10H2,1-2H3,(H,21,24)(H2,20,22,23). The van der Waals surface area contributed by atoms with Crippen molar-refractivity contribution in [1.82, 2.24) is 16.0 Å². The van der Waals surface area contributed by atoms with Crippen LogP contribution in [0.2, 0.25) is 10.0 Å². The SMILES string of the molecule is CN=C(NCCNC(=O)c1ccc(Cl)c(Cl)c1)NCc1ccc(C)s1. The maximum atomic E-state index is 12.1. The Balaban J connectivity index is 1.71. The molecule has 0 aliphatic rings. The van der Waals surface area contributed by atoms with E-state index in [-0.39, 0.29) is 5.91 Å². The minimum absolute atomic E-state index is 0.197. The van der Waals surface area contributed by atoms with E-state index in [2.05, 4.69) is 40.0 Å². The number of thiophene rings is 1. The van der Waals surface area contributed by atoms with Gasteiger partial charge in [-0.2, -0.15) is 0 Å². The van der Waals surface area contributed by atoms with Crippen LogP contribution in [0.4, 0.5) is 0 Å². The first-order valence-corrected chi connectivity index (χ1v) is 9.30. The number of aryl methyl sites for hydroxylation is 1. The number of benzene rings is 1. The van der Waals surface area contributed by atoms with E-state index in [4.69, 9.17) is 23.2 Å². The number of guanidine groups is 1. The monoisotopic (exact) mass is 398 g/mol. The molecule has 25 heavy (non-hydrogen) atoms. The second-order valence-electron chi connectivity index (χ2n) is 5.25. The Hall–Kier alpha value is -1.76. The molecular formula is C17H20Cl2N4OS. The summed E-state index contributed by atoms with van der Waals surface area (Å²) in [6.45, 7) is 3.81. The highest BCUT2D eigenvalue weighted by Gasteiger charge is 2.07. The molecule has 2 rings (SSSR count). The zero-order valence-electron chi connectivity index (χ0n) is 14.0. The van der Waals surface area contributed by atoms with Crippen molar-refractivity contribution in [3.63, 3.8) is 0 Å². The van der Waals surface area contributed by atoms with Crippen molar-refractivity contribution < 1.29 is 4.79 Å². The lowest BCUT2D eigenvalue weighted by atomic mass is 10.2. The molecule has 0 aliphatic heterocycles. The second kappa shape index (κ2) is 9.65. The Bertz CT molecular complexity index is 761. The predicted octanol–water partition coefficient (Wildman–Crippen LogP) is 3.46. The number of carbonyl (C=O) groups excluding carboxylic acids is 1. The molecule has 8 heteroatoms. The number of halogens is 2. The largest absolute Gasteiger partial charge is 0.355 e. The van der Waals surface area contributed by atoms with Crippen LogP contribution in [0.15, 0.2) is 35.3 Å². The van der Waals surface area contributed by atoms with Crippen molar-refractivity contribution >= 4 is 46.4 Å². The van der Waals surface area contributed by atoms with Crippen molar-refractivity contribution in [2.45, 2.75) is 13.5 Å². The Morgan fingerprint density at radius 2 is 1.84 bits per heavy atom. The quantitative estimate of drug-likeness (QED) is 0.396. The molecule has 0 spiro atoms. The van der Waals surface area contributed by atoms with Gasteiger partial charge in [0.1, 0.15) is 0 Å². The van der Waals surface area contributed by atoms with E-state index < -0.39 is 0 Å². The van der Waals surface area contributed by atoms with Gasteiger partial charge in [-0.05, 0) is 37.3 Å². The molecule has 0 saturated heterocycles. The number of aliphatic imine (C=N–C) groups is 1. The highest BCUT2D eigenvalue weighted by molar-refractivity contribution is 7.11. The van der Waals surface area contributed by atoms with Crippen LogP contribution in [0, 0.1) is 6.92 Å². The van der Waals surface area contributed by atoms with Crippen LogP contribution in [0.5, 0.6) is 0 Å². The lowest BCUT2D eigenvalue weighted by Crippen LogP contribution is -2.41. The summed E-state index contributed by atoms with van der Waals surface area (Å²) in [6.07, 6.45) is 0. The Kier molecular flexibility index (Phi) is 7.55. The molecule has 1 aromatic carbocycles. The molecule has 5 nitrogen and oxygen atoms in total. The van der Waals surface area contributed by atoms with E-state index in [1.165, 1.54) is 9.75 Å². The maximum Gasteiger partial charge on any atom is 0.251 e. The van der Waals surface area contributed by atoms with Crippen LogP contribution in [-0.4, -0.2) is 32.0 Å². The van der Waals surface area contributed by atoms with Gasteiger partial charge in [0.05, 0.1) is 16.6 Å². The number of hydrogen-bond acceptors (Lipinski definition) is 3. The summed E-state index contributed by atoms with van der Waals surface area (Å²) < 4.78 is 0. The Labute approximate surface area is 161 Å². The highest BCUT2D eigenvalue weighted by atomic mass is 35.5. The summed E-state index contributed by atoms with van der Waals surface area (Å²) in [5.41, 5.74) is 0.477. The molecule has 0 bridgehead atoms. The third-order valence-electron chi connectivity index (χ3n) is 3.33. The Morgan fingerprint density at radius 3 is 2.48 bits per heavy atom. The van der Waals surface area contributed by atoms with Gasteiger partial charge in [-0.1, -0.05) is 23.2 Å². The molecule has 1 aromatic heterocycles. The van der Waals surface area contributed by atoms with Crippen LogP contribution in [-0.2, 0) is 6.54 Å². The predicted molar refractivity (Wildman–Crippen MR) is 106 cm³/mol. The second-order valence-corrected chi connectivity index (χ2v) is 7.44. The molecule has 134 valence electrons. The molecule has 2 aromatic rings. The first-order chi connectivity index (χ1) is 12.0. The van der Waals surface area contributed by atoms with Gasteiger partial charge >= 0.3 is 0 Å². The highest BCUT2D eigenvalue weighted by Crippen LogP contribution is 2.22. The summed E-state index contributed by atoms with van der Waals surface area (Å²) in [6, 6.07) is 8.99. The third-order valence-corrected chi connectivity index (χ3v) is 5.07. The molecule has 1 amide bonds. The number of hydrogen-bond donors (Lipinski definition) is 3. The molecule has 0 radical (unpaired) electrons. The van der Waals surface area contributed by atoms with E-state index in [0.29, 0.717) is 41.2 Å². The van der Waals surface area contributed by atoms with Gasteiger partial charge < -0.3 is 16.0 Å². The van der Waals surface area contributed by atoms with Crippen molar-refractivity contribution in [2.24, 2.45) is 4.99 Å². The zero-order chi connectivity index (χ0) is 18.2. The van der Waals surface area contributed by atoms with E-state index in [1.807, 2.05) is 0 Å². The topological polar surface area (TPSA) is 65.5 Å². The summed E-state index contributed by atoms with van der Waals surface area (Å²) in [4.78, 5) is 18.7. The minimum Gasteiger partial charge on any atom is -0.355 e. The molecule has 0 fully saturated rings. The lowest BCUT2D eigenvalue weighted by Gasteiger charge is -2.12. The van der Waals surface area contributed by atoms with E-state index >= 15 is 0 Å². The third kappa shape index (κ3) is 6.23. The fraction of sp³-hybridized carbons (Fsp3) is 0.294. The summed E-state index contributed by atoms with van der Waals surface area (Å²) in [5, 5.41) is 10.00. The van der Waals surface area contributed by atoms with Crippen molar-refractivity contribution in [2.75, 3.05) is 20.1 Å². The molecule has 1 heterocycles. The van der Waals surface area contributed by atoms with E-state index in [9.17, 15) is 4.79 Å². The van der Waals surface area contributed by atoms with Gasteiger partial charge in [-0.3, -0.25) is 9.79 Å². The molecule has 0 atom stereocenters. The molecule has 0 aliphatic carbocycles. The lowest BCUT2D eigenvalue weighted by molar-refractivity contribution is 0.0954. The van der Waals surface area contributed by atoms with Crippen molar-refractivity contribution in [3.05, 3.63) is 55.7 Å². The molecule has 3 N–H and O–H groups in total. The minimum atomic E-state index is -0.197. The van der Waals surface area contributed by atoms with Crippen LogP contribution >= 0.6 is 34.5 Å². The maximum absolute atomic E-state index is 12.1. The number of nitrogens with zero attached hydrogens (tertiary/aromatic N) is 1. The van der Waals surface area contributed by atoms with Crippen LogP contribution < -0.4 is 16.0 Å². The Morgan fingerprint density at radius 1 is 1.08 bits per heavy atom. The summed E-state index contributed by atoms with van der Waals surface area (Å²) in [7, 11) is 1.71. The average Bonchev–Trinajstić information content (AvgIpc) is 3.01. The average molecular weight is 399 g/mol. The number of carbonyl (C=O) groups is 1. The van der Waals surface area contributed by atoms with Gasteiger partial charge in [0.25, 0.3) is 5.91 Å². The number of amides is 1. The number of rotatable bonds is 6. The van der Waals surface area contributed by atoms with E-state index in [1.54, 1.807) is 36.6 Å². The van der Waals surface area contributed by atoms with Crippen molar-refractivity contribution in [1.29, 1.82) is 0 Å². The van der Waals surface area contributed by atoms with Gasteiger partial charge in [-0.25, -0.2) is 0 Å². The van der Waals surface area contributed by atoms with E-state index in [0.717, 1.165) is 0 Å². The van der Waals surface area contributed by atoms with Gasteiger partial charge in [0.2, 0.25) is 0 Å². The fourth-order valence-electron chi connectivity index (χ4n) is 2.07. The summed E-state index contributed by atoms with van der Waals surface area (Å²) in [5.74, 6) is 0.493. The van der Waals surface area contributed by atoms with Gasteiger partial charge in [0, 0.05) is 35.5 Å². The van der Waals surface area contributed by atoms with Crippen molar-refractivity contribution in [3.8, 4) is 0 Å². The first-order valence-electron chi connectivity index (χ1n) is 7.72. The summed E-state index contributed by atoms with van der Waals surface area (Å²) >= 11 is 13.5. The van der Waals surface area contributed by atoms with Crippen LogP contribution in [0.25, 0.3) is 0 Å². The molecular weight excluding hydrogens is 379 g/mol.